The van der Waals surface area contributed by atoms with E-state index >= 15 is 0 Å². The van der Waals surface area contributed by atoms with Gasteiger partial charge in [-0.25, -0.2) is 9.78 Å². The number of aromatic nitrogens is 2. The number of piperazine rings is 1. The standard InChI is InChI=1S/C20H18N4O4/c25-18(14-5-6-16(20(27)28)21-12-14)23-7-9-24(10-8-23)19(26)17-11-13-3-1-2-4-15(13)22-17/h1-6,11-12,22H,7-10H2,(H,27,28). The quantitative estimate of drug-likeness (QED) is 0.723. The van der Waals surface area contributed by atoms with E-state index in [0.29, 0.717) is 37.4 Å². The second-order valence-electron chi connectivity index (χ2n) is 6.59. The van der Waals surface area contributed by atoms with Crippen molar-refractivity contribution < 1.29 is 19.5 Å². The molecule has 4 rings (SSSR count). The number of carbonyl (C=O) groups excluding carboxylic acids is 2. The summed E-state index contributed by atoms with van der Waals surface area (Å²) in [7, 11) is 0. The van der Waals surface area contributed by atoms with Crippen LogP contribution in [-0.2, 0) is 0 Å². The monoisotopic (exact) mass is 378 g/mol. The van der Waals surface area contributed by atoms with Gasteiger partial charge < -0.3 is 19.9 Å². The number of carboxylic acid groups (broad SMARTS) is 1. The van der Waals surface area contributed by atoms with Gasteiger partial charge in [-0.15, -0.1) is 0 Å². The van der Waals surface area contributed by atoms with E-state index in [9.17, 15) is 14.4 Å². The van der Waals surface area contributed by atoms with Crippen LogP contribution < -0.4 is 0 Å². The molecule has 3 heterocycles. The van der Waals surface area contributed by atoms with Crippen molar-refractivity contribution in [3.63, 3.8) is 0 Å². The maximum absolute atomic E-state index is 12.7. The van der Waals surface area contributed by atoms with E-state index in [2.05, 4.69) is 9.97 Å². The molecular formula is C20H18N4O4. The molecule has 1 aromatic carbocycles. The Balaban J connectivity index is 1.40. The third-order valence-corrected chi connectivity index (χ3v) is 4.84. The third-order valence-electron chi connectivity index (χ3n) is 4.84. The highest BCUT2D eigenvalue weighted by molar-refractivity contribution is 5.98. The second kappa shape index (κ2) is 7.15. The molecular weight excluding hydrogens is 360 g/mol. The van der Waals surface area contributed by atoms with Crippen molar-refractivity contribution in [3.8, 4) is 0 Å². The van der Waals surface area contributed by atoms with Crippen molar-refractivity contribution in [1.29, 1.82) is 0 Å². The van der Waals surface area contributed by atoms with Crippen molar-refractivity contribution in [2.75, 3.05) is 26.2 Å². The molecule has 0 radical (unpaired) electrons. The molecule has 2 amide bonds. The Morgan fingerprint density at radius 2 is 1.61 bits per heavy atom. The lowest BCUT2D eigenvalue weighted by atomic mass is 10.2. The van der Waals surface area contributed by atoms with Crippen LogP contribution in [-0.4, -0.2) is 68.8 Å². The number of hydrogen-bond donors (Lipinski definition) is 2. The Kier molecular flexibility index (Phi) is 4.52. The number of nitrogens with zero attached hydrogens (tertiary/aromatic N) is 3. The molecule has 0 spiro atoms. The van der Waals surface area contributed by atoms with Crippen LogP contribution in [0.1, 0.15) is 31.3 Å². The number of fused-ring (bicyclic) bond motifs is 1. The van der Waals surface area contributed by atoms with Gasteiger partial charge in [-0.1, -0.05) is 18.2 Å². The number of hydrogen-bond acceptors (Lipinski definition) is 4. The summed E-state index contributed by atoms with van der Waals surface area (Å²) in [5, 5.41) is 9.87. The zero-order valence-corrected chi connectivity index (χ0v) is 15.0. The second-order valence-corrected chi connectivity index (χ2v) is 6.59. The number of aromatic amines is 1. The van der Waals surface area contributed by atoms with Gasteiger partial charge in [0.25, 0.3) is 11.8 Å². The first-order valence-corrected chi connectivity index (χ1v) is 8.88. The normalized spacial score (nSPS) is 14.3. The number of nitrogens with one attached hydrogen (secondary N) is 1. The molecule has 0 aliphatic carbocycles. The van der Waals surface area contributed by atoms with Gasteiger partial charge in [-0.2, -0.15) is 0 Å². The maximum Gasteiger partial charge on any atom is 0.354 e. The third kappa shape index (κ3) is 3.32. The molecule has 0 unspecified atom stereocenters. The minimum Gasteiger partial charge on any atom is -0.477 e. The Morgan fingerprint density at radius 3 is 2.21 bits per heavy atom. The molecule has 0 bridgehead atoms. The highest BCUT2D eigenvalue weighted by atomic mass is 16.4. The highest BCUT2D eigenvalue weighted by Crippen LogP contribution is 2.17. The van der Waals surface area contributed by atoms with Gasteiger partial charge in [-0.3, -0.25) is 9.59 Å². The van der Waals surface area contributed by atoms with Gasteiger partial charge in [0.05, 0.1) is 5.56 Å². The minimum absolute atomic E-state index is 0.0872. The van der Waals surface area contributed by atoms with Crippen LogP contribution in [0.2, 0.25) is 0 Å². The number of rotatable bonds is 3. The van der Waals surface area contributed by atoms with Crippen LogP contribution in [0.5, 0.6) is 0 Å². The number of aromatic carboxylic acids is 1. The molecule has 142 valence electrons. The lowest BCUT2D eigenvalue weighted by Gasteiger charge is -2.34. The zero-order chi connectivity index (χ0) is 19.7. The average molecular weight is 378 g/mol. The molecule has 2 aromatic heterocycles. The van der Waals surface area contributed by atoms with Crippen molar-refractivity contribution >= 4 is 28.7 Å². The summed E-state index contributed by atoms with van der Waals surface area (Å²) in [6.45, 7) is 1.68. The lowest BCUT2D eigenvalue weighted by Crippen LogP contribution is -2.50. The van der Waals surface area contributed by atoms with Crippen molar-refractivity contribution in [3.05, 3.63) is 65.6 Å². The van der Waals surface area contributed by atoms with Crippen molar-refractivity contribution in [2.24, 2.45) is 0 Å². The predicted octanol–water partition coefficient (Wildman–Crippen LogP) is 1.86. The van der Waals surface area contributed by atoms with E-state index in [1.165, 1.54) is 18.3 Å². The molecule has 8 nitrogen and oxygen atoms in total. The zero-order valence-electron chi connectivity index (χ0n) is 15.0. The topological polar surface area (TPSA) is 107 Å². The molecule has 0 saturated carbocycles. The fourth-order valence-corrected chi connectivity index (χ4v) is 3.30. The minimum atomic E-state index is -1.14. The van der Waals surface area contributed by atoms with Gasteiger partial charge in [0.1, 0.15) is 11.4 Å². The molecule has 0 atom stereocenters. The Labute approximate surface area is 160 Å². The molecule has 1 aliphatic heterocycles. The van der Waals surface area contributed by atoms with Crippen LogP contribution in [0, 0.1) is 0 Å². The average Bonchev–Trinajstić information content (AvgIpc) is 3.17. The SMILES string of the molecule is O=C(O)c1ccc(C(=O)N2CCN(C(=O)c3cc4ccccc4[nH]3)CC2)cn1. The number of benzene rings is 1. The molecule has 28 heavy (non-hydrogen) atoms. The largest absolute Gasteiger partial charge is 0.477 e. The number of amides is 2. The van der Waals surface area contributed by atoms with Gasteiger partial charge >= 0.3 is 5.97 Å². The van der Waals surface area contributed by atoms with E-state index in [4.69, 9.17) is 5.11 Å². The summed E-state index contributed by atoms with van der Waals surface area (Å²) in [5.74, 6) is -1.44. The number of carboxylic acids is 1. The molecule has 8 heteroatoms. The van der Waals surface area contributed by atoms with E-state index in [1.54, 1.807) is 9.80 Å². The van der Waals surface area contributed by atoms with Crippen LogP contribution in [0.15, 0.2) is 48.7 Å². The van der Waals surface area contributed by atoms with Crippen LogP contribution in [0.4, 0.5) is 0 Å². The number of carbonyl (C=O) groups is 3. The first kappa shape index (κ1) is 17.7. The van der Waals surface area contributed by atoms with E-state index in [0.717, 1.165) is 10.9 Å². The maximum atomic E-state index is 12.7. The van der Waals surface area contributed by atoms with Gasteiger partial charge in [-0.05, 0) is 24.3 Å². The summed E-state index contributed by atoms with van der Waals surface area (Å²) in [5.41, 5.74) is 1.68. The first-order valence-electron chi connectivity index (χ1n) is 8.88. The van der Waals surface area contributed by atoms with E-state index in [-0.39, 0.29) is 17.5 Å². The fourth-order valence-electron chi connectivity index (χ4n) is 3.30. The summed E-state index contributed by atoms with van der Waals surface area (Å²) in [4.78, 5) is 46.5. The number of pyridine rings is 1. The van der Waals surface area contributed by atoms with Crippen LogP contribution in [0.25, 0.3) is 10.9 Å². The first-order chi connectivity index (χ1) is 13.5. The molecule has 1 fully saturated rings. The van der Waals surface area contributed by atoms with E-state index < -0.39 is 5.97 Å². The summed E-state index contributed by atoms with van der Waals surface area (Å²) >= 11 is 0. The molecule has 1 saturated heterocycles. The fraction of sp³-hybridized carbons (Fsp3) is 0.200. The Hall–Kier alpha value is -3.68. The highest BCUT2D eigenvalue weighted by Gasteiger charge is 2.26. The molecule has 1 aliphatic rings. The van der Waals surface area contributed by atoms with E-state index in [1.807, 2.05) is 30.3 Å². The Morgan fingerprint density at radius 1 is 0.929 bits per heavy atom. The van der Waals surface area contributed by atoms with Crippen LogP contribution >= 0.6 is 0 Å². The Bertz CT molecular complexity index is 1020. The van der Waals surface area contributed by atoms with Gasteiger partial charge in [0.15, 0.2) is 0 Å². The lowest BCUT2D eigenvalue weighted by molar-refractivity contribution is 0.0532. The number of H-pyrrole nitrogens is 1. The van der Waals surface area contributed by atoms with Crippen molar-refractivity contribution in [2.45, 2.75) is 0 Å². The predicted molar refractivity (Wildman–Crippen MR) is 101 cm³/mol. The van der Waals surface area contributed by atoms with Gasteiger partial charge in [0.2, 0.25) is 0 Å². The van der Waals surface area contributed by atoms with Crippen molar-refractivity contribution in [1.82, 2.24) is 19.8 Å². The summed E-state index contributed by atoms with van der Waals surface area (Å²) < 4.78 is 0. The van der Waals surface area contributed by atoms with Gasteiger partial charge in [0, 0.05) is 43.3 Å². The number of para-hydroxylation sites is 1. The van der Waals surface area contributed by atoms with Crippen LogP contribution in [0.3, 0.4) is 0 Å². The summed E-state index contributed by atoms with van der Waals surface area (Å²) in [6, 6.07) is 12.3. The molecule has 2 N–H and O–H groups in total. The summed E-state index contributed by atoms with van der Waals surface area (Å²) in [6.07, 6.45) is 1.27. The smallest absolute Gasteiger partial charge is 0.354 e. The molecule has 3 aromatic rings.